The van der Waals surface area contributed by atoms with Crippen LogP contribution >= 0.6 is 0 Å². The third-order valence-corrected chi connectivity index (χ3v) is 3.10. The molecule has 1 atom stereocenters. The van der Waals surface area contributed by atoms with Crippen molar-refractivity contribution in [2.45, 2.75) is 33.2 Å². The number of nitro groups is 2. The van der Waals surface area contributed by atoms with E-state index in [2.05, 4.69) is 26.1 Å². The van der Waals surface area contributed by atoms with Crippen LogP contribution in [0.5, 0.6) is 0 Å². The summed E-state index contributed by atoms with van der Waals surface area (Å²) in [7, 11) is 0. The van der Waals surface area contributed by atoms with Gasteiger partial charge < -0.3 is 11.2 Å². The highest BCUT2D eigenvalue weighted by atomic mass is 16.7. The van der Waals surface area contributed by atoms with Crippen LogP contribution in [0.4, 0.5) is 11.4 Å². The fourth-order valence-electron chi connectivity index (χ4n) is 1.98. The molecule has 1 aliphatic heterocycles. The number of nitro benzene ring substituents is 1. The zero-order chi connectivity index (χ0) is 15.5. The molecule has 1 heterocycles. The van der Waals surface area contributed by atoms with Crippen LogP contribution in [-0.4, -0.2) is 16.0 Å². The van der Waals surface area contributed by atoms with Gasteiger partial charge in [0.15, 0.2) is 0 Å². The van der Waals surface area contributed by atoms with Crippen LogP contribution in [-0.2, 0) is 6.42 Å². The molecule has 2 rings (SSSR count). The van der Waals surface area contributed by atoms with Crippen LogP contribution in [0.25, 0.3) is 5.84 Å². The SMILES string of the molecule is CC(C)(C)C1Cc2cc([N+](=O)[O-])ccc2N1.[NH-][N+](=O)[O-]. The molecule has 0 saturated carbocycles. The molecule has 8 heteroatoms. The van der Waals surface area contributed by atoms with Crippen LogP contribution in [0, 0.1) is 25.6 Å². The molecule has 8 nitrogen and oxygen atoms in total. The molecular formula is C12H17N4O4-. The fraction of sp³-hybridized carbons (Fsp3) is 0.500. The van der Waals surface area contributed by atoms with E-state index in [1.807, 2.05) is 0 Å². The molecule has 1 aromatic rings. The Morgan fingerprint density at radius 2 is 1.85 bits per heavy atom. The second-order valence-electron chi connectivity index (χ2n) is 5.62. The second kappa shape index (κ2) is 5.72. The Bertz CT molecular complexity index is 521. The topological polar surface area (TPSA) is 122 Å². The lowest BCUT2D eigenvalue weighted by Crippen LogP contribution is -2.31. The summed E-state index contributed by atoms with van der Waals surface area (Å²) < 4.78 is 0. The standard InChI is InChI=1S/C12H16N2O2.HN2O2/c1-12(2,3)11-7-8-6-9(14(15)16)4-5-10(8)13-11;1-2(3)4/h4-6,11,13H,7H2,1-3H3;1H/q;-1. The summed E-state index contributed by atoms with van der Waals surface area (Å²) in [5.74, 6) is 5.31. The smallest absolute Gasteiger partial charge is 0.269 e. The van der Waals surface area contributed by atoms with Crippen LogP contribution < -0.4 is 5.32 Å². The molecule has 0 aliphatic carbocycles. The van der Waals surface area contributed by atoms with Crippen molar-refractivity contribution in [3.63, 3.8) is 0 Å². The van der Waals surface area contributed by atoms with Gasteiger partial charge in [-0.05, 0) is 28.5 Å². The summed E-state index contributed by atoms with van der Waals surface area (Å²) in [6, 6.07) is 5.38. The van der Waals surface area contributed by atoms with Crippen LogP contribution in [0.15, 0.2) is 18.2 Å². The molecule has 1 aromatic carbocycles. The number of rotatable bonds is 1. The number of non-ortho nitro benzene ring substituents is 1. The molecule has 1 unspecified atom stereocenters. The summed E-state index contributed by atoms with van der Waals surface area (Å²) >= 11 is 0. The van der Waals surface area contributed by atoms with Gasteiger partial charge in [-0.15, -0.1) is 0 Å². The monoisotopic (exact) mass is 281 g/mol. The van der Waals surface area contributed by atoms with Gasteiger partial charge in [0, 0.05) is 23.9 Å². The zero-order valence-electron chi connectivity index (χ0n) is 11.5. The van der Waals surface area contributed by atoms with Crippen molar-refractivity contribution in [1.29, 1.82) is 0 Å². The van der Waals surface area contributed by atoms with Gasteiger partial charge in [0.2, 0.25) is 0 Å². The van der Waals surface area contributed by atoms with Crippen molar-refractivity contribution in [2.24, 2.45) is 5.41 Å². The van der Waals surface area contributed by atoms with Crippen molar-refractivity contribution in [2.75, 3.05) is 5.32 Å². The lowest BCUT2D eigenvalue weighted by atomic mass is 9.85. The molecule has 0 radical (unpaired) electrons. The van der Waals surface area contributed by atoms with E-state index >= 15 is 0 Å². The number of nitrogens with zero attached hydrogens (tertiary/aromatic N) is 2. The molecule has 1 aliphatic rings. The average Bonchev–Trinajstić information content (AvgIpc) is 2.69. The summed E-state index contributed by atoms with van der Waals surface area (Å²) in [5.41, 5.74) is 2.42. The molecule has 0 amide bonds. The highest BCUT2D eigenvalue weighted by molar-refractivity contribution is 5.60. The average molecular weight is 281 g/mol. The number of hydrogen-bond donors (Lipinski definition) is 1. The van der Waals surface area contributed by atoms with E-state index in [-0.39, 0.29) is 16.0 Å². The van der Waals surface area contributed by atoms with E-state index < -0.39 is 5.03 Å². The summed E-state index contributed by atoms with van der Waals surface area (Å²) in [5, 5.41) is 21.3. The van der Waals surface area contributed by atoms with Crippen molar-refractivity contribution >= 4 is 11.4 Å². The van der Waals surface area contributed by atoms with Crippen LogP contribution in [0.3, 0.4) is 0 Å². The lowest BCUT2D eigenvalue weighted by molar-refractivity contribution is -0.403. The Kier molecular flexibility index (Phi) is 4.49. The van der Waals surface area contributed by atoms with Crippen LogP contribution in [0.2, 0.25) is 0 Å². The molecule has 0 aromatic heterocycles. The molecule has 20 heavy (non-hydrogen) atoms. The van der Waals surface area contributed by atoms with Crippen molar-refractivity contribution in [3.05, 3.63) is 49.8 Å². The first-order valence-corrected chi connectivity index (χ1v) is 6.00. The first kappa shape index (κ1) is 15.7. The van der Waals surface area contributed by atoms with Crippen LogP contribution in [0.1, 0.15) is 26.3 Å². The van der Waals surface area contributed by atoms with E-state index in [9.17, 15) is 10.1 Å². The van der Waals surface area contributed by atoms with Gasteiger partial charge in [0.05, 0.1) is 4.92 Å². The highest BCUT2D eigenvalue weighted by Gasteiger charge is 2.31. The first-order valence-electron chi connectivity index (χ1n) is 6.00. The van der Waals surface area contributed by atoms with Gasteiger partial charge in [-0.1, -0.05) is 20.8 Å². The van der Waals surface area contributed by atoms with Crippen molar-refractivity contribution < 1.29 is 9.96 Å². The number of anilines is 1. The summed E-state index contributed by atoms with van der Waals surface area (Å²) in [6.45, 7) is 6.51. The highest BCUT2D eigenvalue weighted by Crippen LogP contribution is 2.35. The maximum Gasteiger partial charge on any atom is 0.269 e. The van der Waals surface area contributed by atoms with Gasteiger partial charge in [-0.2, -0.15) is 0 Å². The minimum absolute atomic E-state index is 0.161. The Labute approximate surface area is 116 Å². The summed E-state index contributed by atoms with van der Waals surface area (Å²) in [6.07, 6.45) is 0.862. The molecule has 0 saturated heterocycles. The maximum absolute atomic E-state index is 10.7. The minimum Gasteiger partial charge on any atom is -0.393 e. The molecule has 110 valence electrons. The third kappa shape index (κ3) is 4.08. The first-order chi connectivity index (χ1) is 9.11. The van der Waals surface area contributed by atoms with Crippen molar-refractivity contribution in [1.82, 2.24) is 0 Å². The Balaban J connectivity index is 0.000000444. The van der Waals surface area contributed by atoms with E-state index in [1.54, 1.807) is 18.2 Å². The van der Waals surface area contributed by atoms with E-state index in [0.717, 1.165) is 17.7 Å². The third-order valence-electron chi connectivity index (χ3n) is 3.10. The van der Waals surface area contributed by atoms with E-state index in [1.165, 1.54) is 0 Å². The second-order valence-corrected chi connectivity index (χ2v) is 5.62. The minimum atomic E-state index is -1.25. The molecule has 0 fully saturated rings. The molecule has 0 spiro atoms. The van der Waals surface area contributed by atoms with Gasteiger partial charge in [-0.3, -0.25) is 20.2 Å². The quantitative estimate of drug-likeness (QED) is 0.625. The Hall–Kier alpha value is -2.38. The van der Waals surface area contributed by atoms with E-state index in [4.69, 9.17) is 16.0 Å². The molecule has 2 N–H and O–H groups in total. The largest absolute Gasteiger partial charge is 0.393 e. The van der Waals surface area contributed by atoms with E-state index in [0.29, 0.717) is 6.04 Å². The lowest BCUT2D eigenvalue weighted by Gasteiger charge is -2.27. The molecular weight excluding hydrogens is 264 g/mol. The normalized spacial score (nSPS) is 16.4. The van der Waals surface area contributed by atoms with Crippen molar-refractivity contribution in [3.8, 4) is 0 Å². The number of hydrogen-bond acceptors (Lipinski definition) is 5. The fourth-order valence-corrected chi connectivity index (χ4v) is 1.98. The predicted octanol–water partition coefficient (Wildman–Crippen LogP) is 3.21. The maximum atomic E-state index is 10.7. The zero-order valence-corrected chi connectivity index (χ0v) is 11.5. The Morgan fingerprint density at radius 1 is 1.30 bits per heavy atom. The van der Waals surface area contributed by atoms with Gasteiger partial charge >= 0.3 is 0 Å². The van der Waals surface area contributed by atoms with Gasteiger partial charge in [0.1, 0.15) is 0 Å². The molecule has 0 bridgehead atoms. The van der Waals surface area contributed by atoms with Gasteiger partial charge in [-0.25, -0.2) is 0 Å². The number of nitrogens with one attached hydrogen (secondary N) is 2. The predicted molar refractivity (Wildman–Crippen MR) is 75.0 cm³/mol. The van der Waals surface area contributed by atoms with Gasteiger partial charge in [0.25, 0.3) is 5.69 Å². The number of fused-ring (bicyclic) bond motifs is 1. The Morgan fingerprint density at radius 3 is 2.30 bits per heavy atom. The number of benzene rings is 1. The summed E-state index contributed by atoms with van der Waals surface area (Å²) in [4.78, 5) is 18.8.